The minimum atomic E-state index is -0.516. The molecule has 2 rings (SSSR count). The highest BCUT2D eigenvalue weighted by atomic mass is 32.1. The van der Waals surface area contributed by atoms with Gasteiger partial charge in [0.15, 0.2) is 10.6 Å². The van der Waals surface area contributed by atoms with E-state index in [-0.39, 0.29) is 35.0 Å². The van der Waals surface area contributed by atoms with Crippen molar-refractivity contribution in [3.63, 3.8) is 0 Å². The van der Waals surface area contributed by atoms with Crippen LogP contribution in [-0.4, -0.2) is 25.4 Å². The molecule has 118 valence electrons. The number of aromatic hydroxyl groups is 1. The highest BCUT2D eigenvalue weighted by molar-refractivity contribution is 7.71. The summed E-state index contributed by atoms with van der Waals surface area (Å²) in [5, 5.41) is 10.1. The fraction of sp³-hybridized carbons (Fsp3) is 0.125. The number of carbonyl (C=O) groups excluding carboxylic acids is 1. The van der Waals surface area contributed by atoms with Gasteiger partial charge in [0, 0.05) is 30.9 Å². The molecule has 0 aliphatic carbocycles. The van der Waals surface area contributed by atoms with E-state index in [9.17, 15) is 14.7 Å². The monoisotopic (exact) mass is 329 g/mol. The van der Waals surface area contributed by atoms with Crippen LogP contribution in [0.3, 0.4) is 0 Å². The molecule has 0 unspecified atom stereocenters. The van der Waals surface area contributed by atoms with Gasteiger partial charge in [0.2, 0.25) is 5.88 Å². The van der Waals surface area contributed by atoms with Gasteiger partial charge in [0.05, 0.1) is 5.56 Å². The van der Waals surface area contributed by atoms with E-state index in [0.717, 1.165) is 0 Å². The maximum Gasteiger partial charge on any atom is 0.262 e. The molecule has 0 atom stereocenters. The second kappa shape index (κ2) is 7.46. The van der Waals surface area contributed by atoms with Crippen LogP contribution in [0.4, 0.5) is 0 Å². The molecule has 23 heavy (non-hydrogen) atoms. The van der Waals surface area contributed by atoms with Gasteiger partial charge in [0.1, 0.15) is 0 Å². The summed E-state index contributed by atoms with van der Waals surface area (Å²) in [7, 11) is 0. The molecule has 6 nitrogen and oxygen atoms in total. The summed E-state index contributed by atoms with van der Waals surface area (Å²) < 4.78 is 1.45. The number of Topliss-reactive ketones (excluding diaryl/α,β-unsaturated/α-hetero) is 1. The van der Waals surface area contributed by atoms with E-state index >= 15 is 0 Å². The number of hydrogen-bond acceptors (Lipinski definition) is 5. The summed E-state index contributed by atoms with van der Waals surface area (Å²) in [6.45, 7) is 3.83. The van der Waals surface area contributed by atoms with Gasteiger partial charge in [-0.3, -0.25) is 24.1 Å². The number of rotatable bonds is 6. The van der Waals surface area contributed by atoms with Gasteiger partial charge in [-0.15, -0.1) is 6.58 Å². The van der Waals surface area contributed by atoms with Crippen molar-refractivity contribution >= 4 is 24.1 Å². The molecule has 0 aromatic carbocycles. The zero-order valence-electron chi connectivity index (χ0n) is 12.2. The largest absolute Gasteiger partial charge is 0.494 e. The summed E-state index contributed by atoms with van der Waals surface area (Å²) >= 11 is 4.98. The van der Waals surface area contributed by atoms with Crippen molar-refractivity contribution in [1.82, 2.24) is 14.5 Å². The molecule has 2 aromatic heterocycles. The first-order valence-corrected chi connectivity index (χ1v) is 7.22. The van der Waals surface area contributed by atoms with Crippen LogP contribution in [0.2, 0.25) is 0 Å². The first-order chi connectivity index (χ1) is 11.0. The van der Waals surface area contributed by atoms with Crippen molar-refractivity contribution in [1.29, 1.82) is 0 Å². The van der Waals surface area contributed by atoms with Crippen LogP contribution in [0.25, 0.3) is 6.08 Å². The smallest absolute Gasteiger partial charge is 0.262 e. The Morgan fingerprint density at radius 2 is 2.30 bits per heavy atom. The van der Waals surface area contributed by atoms with E-state index in [4.69, 9.17) is 12.2 Å². The Kier molecular flexibility index (Phi) is 5.37. The van der Waals surface area contributed by atoms with E-state index in [0.29, 0.717) is 5.56 Å². The maximum absolute atomic E-state index is 12.0. The zero-order valence-corrected chi connectivity index (χ0v) is 13.0. The van der Waals surface area contributed by atoms with Crippen LogP contribution in [0.15, 0.2) is 48.1 Å². The topological polar surface area (TPSA) is 88.0 Å². The van der Waals surface area contributed by atoms with Gasteiger partial charge in [0.25, 0.3) is 5.56 Å². The van der Waals surface area contributed by atoms with Crippen LogP contribution in [-0.2, 0) is 6.54 Å². The molecule has 0 aliphatic heterocycles. The normalized spacial score (nSPS) is 10.8. The SMILES string of the molecule is C=CCn1c(O)c(C=CCC(=O)c2cccnc2)c(=O)[nH]c1=S. The average molecular weight is 329 g/mol. The molecular formula is C16H15N3O3S. The van der Waals surface area contributed by atoms with Crippen molar-refractivity contribution in [2.24, 2.45) is 0 Å². The van der Waals surface area contributed by atoms with Crippen LogP contribution in [0.1, 0.15) is 22.3 Å². The second-order valence-electron chi connectivity index (χ2n) is 4.67. The lowest BCUT2D eigenvalue weighted by Crippen LogP contribution is -2.16. The Bertz CT molecular complexity index is 866. The third-order valence-electron chi connectivity index (χ3n) is 3.09. The molecule has 0 saturated carbocycles. The molecule has 2 heterocycles. The molecule has 2 aromatic rings. The number of pyridine rings is 1. The van der Waals surface area contributed by atoms with Gasteiger partial charge >= 0.3 is 0 Å². The molecular weight excluding hydrogens is 314 g/mol. The van der Waals surface area contributed by atoms with E-state index in [2.05, 4.69) is 16.5 Å². The van der Waals surface area contributed by atoms with Gasteiger partial charge in [-0.1, -0.05) is 12.2 Å². The highest BCUT2D eigenvalue weighted by Crippen LogP contribution is 2.15. The standard InChI is InChI=1S/C16H15N3O3S/c1-2-9-19-15(22)12(14(21)18-16(19)23)6-3-7-13(20)11-5-4-8-17-10-11/h2-6,8,10,22H,1,7,9H2,(H,18,21,23). The second-order valence-corrected chi connectivity index (χ2v) is 5.05. The lowest BCUT2D eigenvalue weighted by molar-refractivity contribution is 0.0995. The Morgan fingerprint density at radius 1 is 1.52 bits per heavy atom. The number of ketones is 1. The van der Waals surface area contributed by atoms with Crippen molar-refractivity contribution in [3.8, 4) is 5.88 Å². The third-order valence-corrected chi connectivity index (χ3v) is 3.41. The summed E-state index contributed by atoms with van der Waals surface area (Å²) in [4.78, 5) is 30.2. The Hall–Kier alpha value is -2.80. The highest BCUT2D eigenvalue weighted by Gasteiger charge is 2.09. The van der Waals surface area contributed by atoms with Crippen molar-refractivity contribution in [2.75, 3.05) is 0 Å². The number of aromatic nitrogens is 3. The first kappa shape index (κ1) is 16.6. The number of hydrogen-bond donors (Lipinski definition) is 2. The van der Waals surface area contributed by atoms with Crippen molar-refractivity contribution in [2.45, 2.75) is 13.0 Å². The minimum Gasteiger partial charge on any atom is -0.494 e. The Labute approximate surface area is 137 Å². The summed E-state index contributed by atoms with van der Waals surface area (Å²) in [5.74, 6) is -0.396. The minimum absolute atomic E-state index is 0.0411. The molecule has 2 N–H and O–H groups in total. The van der Waals surface area contributed by atoms with Gasteiger partial charge < -0.3 is 5.11 Å². The van der Waals surface area contributed by atoms with Crippen molar-refractivity contribution < 1.29 is 9.90 Å². The predicted molar refractivity (Wildman–Crippen MR) is 90.0 cm³/mol. The Morgan fingerprint density at radius 3 is 2.96 bits per heavy atom. The first-order valence-electron chi connectivity index (χ1n) is 6.81. The third kappa shape index (κ3) is 3.89. The van der Waals surface area contributed by atoms with Gasteiger partial charge in [-0.2, -0.15) is 0 Å². The number of nitrogens with zero attached hydrogens (tertiary/aromatic N) is 2. The van der Waals surface area contributed by atoms with Crippen LogP contribution in [0.5, 0.6) is 5.88 Å². The van der Waals surface area contributed by atoms with Crippen molar-refractivity contribution in [3.05, 3.63) is 69.5 Å². The fourth-order valence-electron chi connectivity index (χ4n) is 1.95. The molecule has 0 saturated heterocycles. The number of aromatic amines is 1. The zero-order chi connectivity index (χ0) is 16.8. The number of nitrogens with one attached hydrogen (secondary N) is 1. The Balaban J connectivity index is 2.25. The molecule has 0 aliphatic rings. The summed E-state index contributed by atoms with van der Waals surface area (Å²) in [6.07, 6.45) is 7.61. The van der Waals surface area contributed by atoms with Gasteiger partial charge in [-0.25, -0.2) is 0 Å². The molecule has 0 spiro atoms. The average Bonchev–Trinajstić information content (AvgIpc) is 2.55. The number of allylic oxidation sites excluding steroid dienone is 2. The maximum atomic E-state index is 12.0. The number of H-pyrrole nitrogens is 1. The molecule has 0 radical (unpaired) electrons. The number of carbonyl (C=O) groups is 1. The molecule has 7 heteroatoms. The molecule has 0 amide bonds. The van der Waals surface area contributed by atoms with E-state index in [1.54, 1.807) is 24.4 Å². The van der Waals surface area contributed by atoms with Crippen LogP contribution >= 0.6 is 12.2 Å². The van der Waals surface area contributed by atoms with Crippen LogP contribution < -0.4 is 5.56 Å². The fourth-order valence-corrected chi connectivity index (χ4v) is 2.21. The summed E-state index contributed by atoms with van der Waals surface area (Å²) in [5.41, 5.74) is 0.00948. The lowest BCUT2D eigenvalue weighted by Gasteiger charge is -2.08. The quantitative estimate of drug-likeness (QED) is 0.483. The molecule has 0 bridgehead atoms. The summed E-state index contributed by atoms with van der Waals surface area (Å²) in [6, 6.07) is 3.34. The predicted octanol–water partition coefficient (Wildman–Crippen LogP) is 2.48. The molecule has 0 fully saturated rings. The van der Waals surface area contributed by atoms with E-state index in [1.807, 2.05) is 0 Å². The van der Waals surface area contributed by atoms with Crippen LogP contribution in [0, 0.1) is 4.77 Å². The lowest BCUT2D eigenvalue weighted by atomic mass is 10.1. The van der Waals surface area contributed by atoms with Gasteiger partial charge in [-0.05, 0) is 30.4 Å². The van der Waals surface area contributed by atoms with E-state index in [1.165, 1.54) is 22.9 Å². The van der Waals surface area contributed by atoms with E-state index < -0.39 is 5.56 Å².